The summed E-state index contributed by atoms with van der Waals surface area (Å²) in [4.78, 5) is 2.38. The van der Waals surface area contributed by atoms with Crippen molar-refractivity contribution in [3.8, 4) is 6.07 Å². The van der Waals surface area contributed by atoms with Gasteiger partial charge in [-0.2, -0.15) is 5.26 Å². The van der Waals surface area contributed by atoms with Crippen LogP contribution in [0.1, 0.15) is 68.3 Å². The predicted octanol–water partition coefficient (Wildman–Crippen LogP) is 5.41. The first-order valence-electron chi connectivity index (χ1n) is 11.8. The minimum atomic E-state index is 0.302. The lowest BCUT2D eigenvalue weighted by Crippen LogP contribution is -2.30. The van der Waals surface area contributed by atoms with Crippen molar-refractivity contribution in [2.45, 2.75) is 65.0 Å². The number of nitrogens with zero attached hydrogens (tertiary/aromatic N) is 2. The van der Waals surface area contributed by atoms with Gasteiger partial charge in [0.2, 0.25) is 0 Å². The van der Waals surface area contributed by atoms with Crippen LogP contribution in [0.25, 0.3) is 0 Å². The van der Waals surface area contributed by atoms with Gasteiger partial charge in [-0.1, -0.05) is 49.7 Å². The quantitative estimate of drug-likeness (QED) is 0.467. The van der Waals surface area contributed by atoms with E-state index < -0.39 is 0 Å². The predicted molar refractivity (Wildman–Crippen MR) is 129 cm³/mol. The first kappa shape index (κ1) is 23.3. The molecule has 0 spiro atoms. The Hall–Kier alpha value is -2.35. The Kier molecular flexibility index (Phi) is 8.94. The van der Waals surface area contributed by atoms with E-state index in [9.17, 15) is 5.26 Å². The molecule has 0 saturated carbocycles. The minimum absolute atomic E-state index is 0.302. The molecular formula is C27H37N3O. The maximum absolute atomic E-state index is 9.82. The van der Waals surface area contributed by atoms with Crippen LogP contribution in [0, 0.1) is 11.3 Å². The van der Waals surface area contributed by atoms with Gasteiger partial charge < -0.3 is 15.0 Å². The molecule has 1 aliphatic rings. The Morgan fingerprint density at radius 3 is 2.65 bits per heavy atom. The molecule has 1 N–H and O–H groups in total. The molecule has 0 unspecified atom stereocenters. The van der Waals surface area contributed by atoms with Crippen LogP contribution in [-0.4, -0.2) is 32.3 Å². The fourth-order valence-corrected chi connectivity index (χ4v) is 4.50. The maximum Gasteiger partial charge on any atom is 0.101 e. The standard InChI is InChI=1S/C27H37N3O/c1-4-5-15-31-16-9-13-30-14-12-25-18-23(19-26(20-28)27(25)30)17-21(2)29-22(3)24-10-7-6-8-11-24/h6-8,10-11,18-19,21-22,29H,4-5,9,12-17H2,1-3H3/t21-,22-/m1/s1. The third kappa shape index (κ3) is 6.56. The van der Waals surface area contributed by atoms with Gasteiger partial charge in [0, 0.05) is 38.4 Å². The second-order valence-electron chi connectivity index (χ2n) is 8.72. The Labute approximate surface area is 188 Å². The normalized spacial score (nSPS) is 14.8. The topological polar surface area (TPSA) is 48.3 Å². The van der Waals surface area contributed by atoms with Gasteiger partial charge in [-0.3, -0.25) is 0 Å². The van der Waals surface area contributed by atoms with Crippen molar-refractivity contribution < 1.29 is 4.74 Å². The summed E-state index contributed by atoms with van der Waals surface area (Å²) in [5, 5.41) is 13.5. The first-order valence-corrected chi connectivity index (χ1v) is 11.8. The van der Waals surface area contributed by atoms with Gasteiger partial charge in [0.25, 0.3) is 0 Å². The number of fused-ring (bicyclic) bond motifs is 1. The van der Waals surface area contributed by atoms with Crippen molar-refractivity contribution in [1.29, 1.82) is 5.26 Å². The summed E-state index contributed by atoms with van der Waals surface area (Å²) in [6.45, 7) is 10.2. The maximum atomic E-state index is 9.82. The number of nitrogens with one attached hydrogen (secondary N) is 1. The first-order chi connectivity index (χ1) is 15.1. The van der Waals surface area contributed by atoms with Crippen molar-refractivity contribution in [3.63, 3.8) is 0 Å². The van der Waals surface area contributed by atoms with E-state index in [0.29, 0.717) is 12.1 Å². The van der Waals surface area contributed by atoms with E-state index in [1.54, 1.807) is 0 Å². The lowest BCUT2D eigenvalue weighted by Gasteiger charge is -2.22. The van der Waals surface area contributed by atoms with E-state index in [2.05, 4.69) is 79.5 Å². The molecule has 2 aromatic carbocycles. The molecule has 0 radical (unpaired) electrons. The summed E-state index contributed by atoms with van der Waals surface area (Å²) < 4.78 is 5.71. The van der Waals surface area contributed by atoms with Crippen LogP contribution in [-0.2, 0) is 17.6 Å². The minimum Gasteiger partial charge on any atom is -0.381 e. The van der Waals surface area contributed by atoms with Crippen LogP contribution in [0.3, 0.4) is 0 Å². The molecule has 4 heteroatoms. The Morgan fingerprint density at radius 2 is 1.90 bits per heavy atom. The van der Waals surface area contributed by atoms with Gasteiger partial charge in [-0.15, -0.1) is 0 Å². The van der Waals surface area contributed by atoms with E-state index >= 15 is 0 Å². The van der Waals surface area contributed by atoms with Gasteiger partial charge in [-0.05, 0) is 62.3 Å². The zero-order chi connectivity index (χ0) is 22.1. The largest absolute Gasteiger partial charge is 0.381 e. The molecule has 2 atom stereocenters. The number of hydrogen-bond acceptors (Lipinski definition) is 4. The molecule has 0 saturated heterocycles. The van der Waals surface area contributed by atoms with Crippen LogP contribution >= 0.6 is 0 Å². The number of anilines is 1. The Balaban J connectivity index is 1.58. The highest BCUT2D eigenvalue weighted by Gasteiger charge is 2.23. The average molecular weight is 420 g/mol. The summed E-state index contributed by atoms with van der Waals surface area (Å²) in [6, 6.07) is 18.1. The highest BCUT2D eigenvalue weighted by molar-refractivity contribution is 5.68. The van der Waals surface area contributed by atoms with Gasteiger partial charge >= 0.3 is 0 Å². The number of ether oxygens (including phenoxy) is 1. The Bertz CT molecular complexity index is 859. The summed E-state index contributed by atoms with van der Waals surface area (Å²) in [6.07, 6.45) is 5.26. The second-order valence-corrected chi connectivity index (χ2v) is 8.72. The third-order valence-corrected chi connectivity index (χ3v) is 6.07. The van der Waals surface area contributed by atoms with Crippen LogP contribution in [0.4, 0.5) is 5.69 Å². The van der Waals surface area contributed by atoms with Crippen molar-refractivity contribution in [1.82, 2.24) is 5.32 Å². The van der Waals surface area contributed by atoms with Crippen LogP contribution in [0.2, 0.25) is 0 Å². The number of benzene rings is 2. The third-order valence-electron chi connectivity index (χ3n) is 6.07. The van der Waals surface area contributed by atoms with Crippen LogP contribution in [0.5, 0.6) is 0 Å². The smallest absolute Gasteiger partial charge is 0.101 e. The van der Waals surface area contributed by atoms with Crippen molar-refractivity contribution in [3.05, 3.63) is 64.7 Å². The SMILES string of the molecule is CCCCOCCCN1CCc2cc(C[C@@H](C)N[C@H](C)c3ccccc3)cc(C#N)c21. The molecule has 0 aromatic heterocycles. The molecule has 0 aliphatic carbocycles. The van der Waals surface area contributed by atoms with Gasteiger partial charge in [-0.25, -0.2) is 0 Å². The highest BCUT2D eigenvalue weighted by atomic mass is 16.5. The Morgan fingerprint density at radius 1 is 1.13 bits per heavy atom. The molecule has 31 heavy (non-hydrogen) atoms. The lowest BCUT2D eigenvalue weighted by atomic mass is 9.98. The van der Waals surface area contributed by atoms with Crippen LogP contribution in [0.15, 0.2) is 42.5 Å². The molecule has 1 heterocycles. The summed E-state index contributed by atoms with van der Waals surface area (Å²) in [5.41, 5.74) is 5.85. The molecule has 0 bridgehead atoms. The molecule has 3 rings (SSSR count). The van der Waals surface area contributed by atoms with Crippen molar-refractivity contribution in [2.75, 3.05) is 31.2 Å². The van der Waals surface area contributed by atoms with Crippen LogP contribution < -0.4 is 10.2 Å². The van der Waals surface area contributed by atoms with E-state index in [4.69, 9.17) is 4.74 Å². The molecule has 166 valence electrons. The summed E-state index contributed by atoms with van der Waals surface area (Å²) >= 11 is 0. The van der Waals surface area contributed by atoms with Gasteiger partial charge in [0.1, 0.15) is 6.07 Å². The number of nitriles is 1. The fourth-order valence-electron chi connectivity index (χ4n) is 4.50. The fraction of sp³-hybridized carbons (Fsp3) is 0.519. The molecule has 0 amide bonds. The monoisotopic (exact) mass is 419 g/mol. The number of hydrogen-bond donors (Lipinski definition) is 1. The number of rotatable bonds is 12. The molecule has 4 nitrogen and oxygen atoms in total. The zero-order valence-corrected chi connectivity index (χ0v) is 19.4. The lowest BCUT2D eigenvalue weighted by molar-refractivity contribution is 0.130. The van der Waals surface area contributed by atoms with E-state index in [1.165, 1.54) is 23.1 Å². The molecule has 0 fully saturated rings. The summed E-state index contributed by atoms with van der Waals surface area (Å²) in [5.74, 6) is 0. The van der Waals surface area contributed by atoms with E-state index in [-0.39, 0.29) is 0 Å². The average Bonchev–Trinajstić information content (AvgIpc) is 3.19. The van der Waals surface area contributed by atoms with Crippen molar-refractivity contribution >= 4 is 5.69 Å². The second kappa shape index (κ2) is 11.9. The number of unbranched alkanes of at least 4 members (excludes halogenated alkanes) is 1. The van der Waals surface area contributed by atoms with Crippen molar-refractivity contribution in [2.24, 2.45) is 0 Å². The zero-order valence-electron chi connectivity index (χ0n) is 19.4. The van der Waals surface area contributed by atoms with E-state index in [1.807, 2.05) is 0 Å². The van der Waals surface area contributed by atoms with Gasteiger partial charge in [0.05, 0.1) is 11.3 Å². The van der Waals surface area contributed by atoms with Gasteiger partial charge in [0.15, 0.2) is 0 Å². The highest BCUT2D eigenvalue weighted by Crippen LogP contribution is 2.33. The summed E-state index contributed by atoms with van der Waals surface area (Å²) in [7, 11) is 0. The van der Waals surface area contributed by atoms with E-state index in [0.717, 1.165) is 63.2 Å². The molecule has 1 aliphatic heterocycles. The molecular weight excluding hydrogens is 382 g/mol. The molecule has 2 aromatic rings.